The normalized spacial score (nSPS) is 15.0. The Labute approximate surface area is 136 Å². The third-order valence-corrected chi connectivity index (χ3v) is 4.66. The molecular formula is C19H25NO3. The molecule has 1 aromatic heterocycles. The van der Waals surface area contributed by atoms with Crippen LogP contribution in [0.5, 0.6) is 0 Å². The second-order valence-corrected chi connectivity index (χ2v) is 6.88. The molecular weight excluding hydrogens is 290 g/mol. The van der Waals surface area contributed by atoms with E-state index in [-0.39, 0.29) is 12.2 Å². The second-order valence-electron chi connectivity index (χ2n) is 6.88. The van der Waals surface area contributed by atoms with E-state index >= 15 is 0 Å². The molecule has 23 heavy (non-hydrogen) atoms. The fourth-order valence-corrected chi connectivity index (χ4v) is 3.32. The standard InChI is InChI=1S/C19H25NO3/c1-12(2)16-10-17-14(11-20(6-7-21)15-4-5-15)9-19(22)23-18(17)8-13(16)3/h8-10,12,15,21H,4-7,11H2,1-3H3. The van der Waals surface area contributed by atoms with Gasteiger partial charge in [0.05, 0.1) is 6.61 Å². The van der Waals surface area contributed by atoms with Gasteiger partial charge in [-0.1, -0.05) is 13.8 Å². The van der Waals surface area contributed by atoms with Crippen LogP contribution in [-0.4, -0.2) is 29.2 Å². The molecule has 0 bridgehead atoms. The Morgan fingerprint density at radius 3 is 2.65 bits per heavy atom. The molecule has 124 valence electrons. The summed E-state index contributed by atoms with van der Waals surface area (Å²) >= 11 is 0. The van der Waals surface area contributed by atoms with Crippen molar-refractivity contribution in [3.63, 3.8) is 0 Å². The summed E-state index contributed by atoms with van der Waals surface area (Å²) in [7, 11) is 0. The zero-order valence-electron chi connectivity index (χ0n) is 14.1. The van der Waals surface area contributed by atoms with Crippen molar-refractivity contribution in [2.75, 3.05) is 13.2 Å². The molecule has 3 rings (SSSR count). The highest BCUT2D eigenvalue weighted by Gasteiger charge is 2.29. The van der Waals surface area contributed by atoms with Crippen molar-refractivity contribution in [1.29, 1.82) is 0 Å². The van der Waals surface area contributed by atoms with Crippen LogP contribution in [0, 0.1) is 6.92 Å². The van der Waals surface area contributed by atoms with Crippen LogP contribution in [0.15, 0.2) is 27.4 Å². The number of aliphatic hydroxyl groups is 1. The highest BCUT2D eigenvalue weighted by Crippen LogP contribution is 2.31. The number of fused-ring (bicyclic) bond motifs is 1. The van der Waals surface area contributed by atoms with Gasteiger partial charge in [0, 0.05) is 30.6 Å². The van der Waals surface area contributed by atoms with Crippen molar-refractivity contribution in [3.05, 3.63) is 45.3 Å². The van der Waals surface area contributed by atoms with Crippen LogP contribution in [0.25, 0.3) is 11.0 Å². The van der Waals surface area contributed by atoms with E-state index in [2.05, 4.69) is 31.7 Å². The molecule has 1 fully saturated rings. The molecule has 4 nitrogen and oxygen atoms in total. The summed E-state index contributed by atoms with van der Waals surface area (Å²) in [6, 6.07) is 6.29. The van der Waals surface area contributed by atoms with E-state index in [0.29, 0.717) is 30.6 Å². The van der Waals surface area contributed by atoms with Crippen LogP contribution in [0.4, 0.5) is 0 Å². The van der Waals surface area contributed by atoms with Gasteiger partial charge < -0.3 is 9.52 Å². The van der Waals surface area contributed by atoms with Crippen molar-refractivity contribution in [2.45, 2.75) is 52.1 Å². The highest BCUT2D eigenvalue weighted by atomic mass is 16.4. The summed E-state index contributed by atoms with van der Waals surface area (Å²) in [6.07, 6.45) is 2.35. The quantitative estimate of drug-likeness (QED) is 0.832. The zero-order valence-corrected chi connectivity index (χ0v) is 14.1. The fourth-order valence-electron chi connectivity index (χ4n) is 3.32. The van der Waals surface area contributed by atoms with Gasteiger partial charge in [-0.05, 0) is 54.5 Å². The molecule has 1 saturated carbocycles. The lowest BCUT2D eigenvalue weighted by atomic mass is 9.95. The third kappa shape index (κ3) is 3.48. The van der Waals surface area contributed by atoms with Crippen LogP contribution in [0.1, 0.15) is 49.3 Å². The van der Waals surface area contributed by atoms with Gasteiger partial charge in [-0.15, -0.1) is 0 Å². The van der Waals surface area contributed by atoms with Crippen LogP contribution >= 0.6 is 0 Å². The molecule has 1 aliphatic rings. The Morgan fingerprint density at radius 1 is 1.30 bits per heavy atom. The lowest BCUT2D eigenvalue weighted by molar-refractivity contribution is 0.183. The molecule has 4 heteroatoms. The summed E-state index contributed by atoms with van der Waals surface area (Å²) in [4.78, 5) is 14.2. The monoisotopic (exact) mass is 315 g/mol. The van der Waals surface area contributed by atoms with Crippen molar-refractivity contribution in [2.24, 2.45) is 0 Å². The van der Waals surface area contributed by atoms with Gasteiger partial charge in [0.15, 0.2) is 0 Å². The predicted octanol–water partition coefficient (Wildman–Crippen LogP) is 3.18. The predicted molar refractivity (Wildman–Crippen MR) is 91.8 cm³/mol. The summed E-state index contributed by atoms with van der Waals surface area (Å²) in [6.45, 7) is 7.89. The van der Waals surface area contributed by atoms with Gasteiger partial charge in [-0.2, -0.15) is 0 Å². The first-order valence-corrected chi connectivity index (χ1v) is 8.41. The van der Waals surface area contributed by atoms with Crippen molar-refractivity contribution >= 4 is 11.0 Å². The molecule has 2 aromatic rings. The summed E-state index contributed by atoms with van der Waals surface area (Å²) in [5, 5.41) is 10.3. The summed E-state index contributed by atoms with van der Waals surface area (Å²) in [5.74, 6) is 0.427. The van der Waals surface area contributed by atoms with E-state index in [9.17, 15) is 9.90 Å². The van der Waals surface area contributed by atoms with Gasteiger partial charge in [0.2, 0.25) is 0 Å². The molecule has 1 N–H and O–H groups in total. The molecule has 0 radical (unpaired) electrons. The van der Waals surface area contributed by atoms with Crippen LogP contribution < -0.4 is 5.63 Å². The van der Waals surface area contributed by atoms with Crippen LogP contribution in [-0.2, 0) is 6.54 Å². The van der Waals surface area contributed by atoms with Gasteiger partial charge in [-0.25, -0.2) is 4.79 Å². The van der Waals surface area contributed by atoms with Gasteiger partial charge in [0.1, 0.15) is 5.58 Å². The topological polar surface area (TPSA) is 53.7 Å². The highest BCUT2D eigenvalue weighted by molar-refractivity contribution is 5.82. The Balaban J connectivity index is 2.07. The van der Waals surface area contributed by atoms with Crippen molar-refractivity contribution < 1.29 is 9.52 Å². The van der Waals surface area contributed by atoms with E-state index in [1.165, 1.54) is 18.4 Å². The minimum absolute atomic E-state index is 0.145. The van der Waals surface area contributed by atoms with E-state index in [4.69, 9.17) is 4.42 Å². The largest absolute Gasteiger partial charge is 0.423 e. The van der Waals surface area contributed by atoms with Gasteiger partial charge >= 0.3 is 5.63 Å². The molecule has 0 unspecified atom stereocenters. The molecule has 0 aliphatic heterocycles. The molecule has 0 amide bonds. The van der Waals surface area contributed by atoms with Gasteiger partial charge in [0.25, 0.3) is 0 Å². The molecule has 1 heterocycles. The number of hydrogen-bond acceptors (Lipinski definition) is 4. The number of aliphatic hydroxyl groups excluding tert-OH is 1. The minimum Gasteiger partial charge on any atom is -0.423 e. The first kappa shape index (κ1) is 16.2. The SMILES string of the molecule is Cc1cc2oc(=O)cc(CN(CCO)C3CC3)c2cc1C(C)C. The first-order valence-electron chi connectivity index (χ1n) is 8.41. The number of benzene rings is 1. The van der Waals surface area contributed by atoms with E-state index < -0.39 is 0 Å². The molecule has 0 spiro atoms. The number of rotatable bonds is 6. The Hall–Kier alpha value is -1.65. The molecule has 0 atom stereocenters. The van der Waals surface area contributed by atoms with Crippen molar-refractivity contribution in [3.8, 4) is 0 Å². The van der Waals surface area contributed by atoms with Crippen LogP contribution in [0.3, 0.4) is 0 Å². The summed E-state index contributed by atoms with van der Waals surface area (Å²) < 4.78 is 5.41. The smallest absolute Gasteiger partial charge is 0.336 e. The summed E-state index contributed by atoms with van der Waals surface area (Å²) in [5.41, 5.74) is 3.80. The average molecular weight is 315 g/mol. The lowest BCUT2D eigenvalue weighted by Crippen LogP contribution is -2.29. The van der Waals surface area contributed by atoms with E-state index in [0.717, 1.165) is 16.5 Å². The van der Waals surface area contributed by atoms with Crippen molar-refractivity contribution in [1.82, 2.24) is 4.90 Å². The third-order valence-electron chi connectivity index (χ3n) is 4.66. The first-order chi connectivity index (χ1) is 11.0. The van der Waals surface area contributed by atoms with Gasteiger partial charge in [-0.3, -0.25) is 4.90 Å². The van der Waals surface area contributed by atoms with E-state index in [1.807, 2.05) is 6.07 Å². The second kappa shape index (κ2) is 6.46. The van der Waals surface area contributed by atoms with E-state index in [1.54, 1.807) is 6.07 Å². The average Bonchev–Trinajstić information content (AvgIpc) is 3.30. The maximum atomic E-state index is 11.9. The Kier molecular flexibility index (Phi) is 4.55. The maximum Gasteiger partial charge on any atom is 0.336 e. The fraction of sp³-hybridized carbons (Fsp3) is 0.526. The number of nitrogens with zero attached hydrogens (tertiary/aromatic N) is 1. The lowest BCUT2D eigenvalue weighted by Gasteiger charge is -2.22. The number of aryl methyl sites for hydroxylation is 1. The molecule has 1 aliphatic carbocycles. The molecule has 0 saturated heterocycles. The van der Waals surface area contributed by atoms with Crippen LogP contribution in [0.2, 0.25) is 0 Å². The minimum atomic E-state index is -0.302. The molecule has 1 aromatic carbocycles. The zero-order chi connectivity index (χ0) is 16.6. The maximum absolute atomic E-state index is 11.9. The Bertz CT molecular complexity index is 759. The Morgan fingerprint density at radius 2 is 2.04 bits per heavy atom. The number of hydrogen-bond donors (Lipinski definition) is 1.